The zero-order valence-corrected chi connectivity index (χ0v) is 11.9. The maximum atomic E-state index is 13.4. The summed E-state index contributed by atoms with van der Waals surface area (Å²) in [6, 6.07) is 8.43. The van der Waals surface area contributed by atoms with Gasteiger partial charge in [0.2, 0.25) is 10.0 Å². The Bertz CT molecular complexity index is 834. The summed E-state index contributed by atoms with van der Waals surface area (Å²) in [5, 5.41) is 0. The Morgan fingerprint density at radius 1 is 0.909 bits per heavy atom. The molecule has 0 fully saturated rings. The van der Waals surface area contributed by atoms with E-state index in [9.17, 15) is 21.6 Å². The summed E-state index contributed by atoms with van der Waals surface area (Å²) < 4.78 is 65.7. The molecule has 0 aliphatic carbocycles. The molecule has 0 amide bonds. The molecule has 0 saturated carbocycles. The van der Waals surface area contributed by atoms with E-state index < -0.39 is 38.9 Å². The van der Waals surface area contributed by atoms with Crippen molar-refractivity contribution in [2.75, 3.05) is 6.54 Å². The van der Waals surface area contributed by atoms with Crippen LogP contribution in [0.25, 0.3) is 0 Å². The molecule has 0 bridgehead atoms. The molecule has 0 atom stereocenters. The van der Waals surface area contributed by atoms with Crippen LogP contribution in [0.1, 0.15) is 5.56 Å². The molecule has 0 heterocycles. The van der Waals surface area contributed by atoms with Gasteiger partial charge in [-0.3, -0.25) is 0 Å². The molecule has 0 radical (unpaired) electrons. The lowest BCUT2D eigenvalue weighted by Gasteiger charge is -2.05. The fourth-order valence-corrected chi connectivity index (χ4v) is 2.70. The molecule has 0 unspecified atom stereocenters. The molecule has 1 N–H and O–H groups in total. The molecule has 2 aromatic carbocycles. The highest BCUT2D eigenvalue weighted by atomic mass is 32.2. The molecule has 0 saturated heterocycles. The minimum Gasteiger partial charge on any atom is -0.207 e. The number of hydrogen-bond donors (Lipinski definition) is 1. The predicted octanol–water partition coefficient (Wildman–Crippen LogP) is 2.43. The molecular weight excluding hydrogens is 315 g/mol. The molecule has 0 aliphatic rings. The molecule has 22 heavy (non-hydrogen) atoms. The number of sulfonamides is 1. The van der Waals surface area contributed by atoms with Crippen LogP contribution in [-0.4, -0.2) is 15.0 Å². The number of hydrogen-bond acceptors (Lipinski definition) is 2. The van der Waals surface area contributed by atoms with E-state index in [1.807, 2.05) is 4.72 Å². The number of benzene rings is 2. The summed E-state index contributed by atoms with van der Waals surface area (Å²) in [4.78, 5) is -1.07. The summed E-state index contributed by atoms with van der Waals surface area (Å²) >= 11 is 0. The summed E-state index contributed by atoms with van der Waals surface area (Å²) in [7, 11) is -4.38. The van der Waals surface area contributed by atoms with Crippen molar-refractivity contribution in [3.63, 3.8) is 0 Å². The maximum Gasteiger partial charge on any atom is 0.247 e. The Hall–Kier alpha value is -2.30. The average molecular weight is 325 g/mol. The number of nitrogens with one attached hydrogen (secondary N) is 1. The third-order valence-corrected chi connectivity index (χ3v) is 4.09. The van der Waals surface area contributed by atoms with Crippen molar-refractivity contribution in [2.45, 2.75) is 4.90 Å². The first-order valence-corrected chi connectivity index (χ1v) is 7.57. The van der Waals surface area contributed by atoms with Gasteiger partial charge < -0.3 is 0 Å². The molecule has 2 aromatic rings. The number of rotatable bonds is 3. The van der Waals surface area contributed by atoms with Gasteiger partial charge in [-0.25, -0.2) is 21.6 Å². The summed E-state index contributed by atoms with van der Waals surface area (Å²) in [5.74, 6) is 1.87. The molecule has 3 nitrogen and oxygen atoms in total. The van der Waals surface area contributed by atoms with E-state index in [-0.39, 0.29) is 5.56 Å². The SMILES string of the molecule is O=S(=O)(NCC#Cc1ccccc1F)c1c(F)cccc1F. The van der Waals surface area contributed by atoms with Crippen molar-refractivity contribution >= 4 is 10.0 Å². The second kappa shape index (κ2) is 6.64. The van der Waals surface area contributed by atoms with Crippen molar-refractivity contribution in [3.8, 4) is 11.8 Å². The molecule has 0 aliphatic heterocycles. The van der Waals surface area contributed by atoms with Gasteiger partial charge >= 0.3 is 0 Å². The zero-order valence-electron chi connectivity index (χ0n) is 11.1. The van der Waals surface area contributed by atoms with Gasteiger partial charge in [-0.2, -0.15) is 4.72 Å². The van der Waals surface area contributed by atoms with E-state index >= 15 is 0 Å². The molecule has 7 heteroatoms. The zero-order chi connectivity index (χ0) is 16.2. The third-order valence-electron chi connectivity index (χ3n) is 2.64. The van der Waals surface area contributed by atoms with Crippen molar-refractivity contribution in [2.24, 2.45) is 0 Å². The van der Waals surface area contributed by atoms with E-state index in [1.165, 1.54) is 18.2 Å². The monoisotopic (exact) mass is 325 g/mol. The molecule has 0 aromatic heterocycles. The van der Waals surface area contributed by atoms with Gasteiger partial charge in [-0.15, -0.1) is 0 Å². The summed E-state index contributed by atoms with van der Waals surface area (Å²) in [6.45, 7) is -0.412. The highest BCUT2D eigenvalue weighted by Gasteiger charge is 2.22. The van der Waals surface area contributed by atoms with Crippen molar-refractivity contribution in [1.29, 1.82) is 0 Å². The van der Waals surface area contributed by atoms with Gasteiger partial charge in [0.1, 0.15) is 17.5 Å². The molecule has 0 spiro atoms. The second-order valence-corrected chi connectivity index (χ2v) is 5.86. The first-order valence-electron chi connectivity index (χ1n) is 6.09. The maximum absolute atomic E-state index is 13.4. The van der Waals surface area contributed by atoms with Crippen LogP contribution in [0.15, 0.2) is 47.4 Å². The van der Waals surface area contributed by atoms with Gasteiger partial charge in [-0.05, 0) is 24.3 Å². The predicted molar refractivity (Wildman–Crippen MR) is 74.8 cm³/mol. The van der Waals surface area contributed by atoms with Crippen LogP contribution in [-0.2, 0) is 10.0 Å². The third kappa shape index (κ3) is 3.67. The van der Waals surface area contributed by atoms with E-state index in [2.05, 4.69) is 11.8 Å². The highest BCUT2D eigenvalue weighted by molar-refractivity contribution is 7.89. The smallest absolute Gasteiger partial charge is 0.207 e. The van der Waals surface area contributed by atoms with Gasteiger partial charge in [0.05, 0.1) is 12.1 Å². The van der Waals surface area contributed by atoms with E-state index in [1.54, 1.807) is 6.07 Å². The molecular formula is C15H10F3NO2S. The van der Waals surface area contributed by atoms with Crippen LogP contribution in [0, 0.1) is 29.3 Å². The normalized spacial score (nSPS) is 10.9. The standard InChI is InChI=1S/C15H10F3NO2S/c16-12-7-2-1-5-11(12)6-4-10-19-22(20,21)15-13(17)8-3-9-14(15)18/h1-3,5,7-9,19H,10H2. The van der Waals surface area contributed by atoms with E-state index in [0.29, 0.717) is 0 Å². The first-order chi connectivity index (χ1) is 10.4. The Morgan fingerprint density at radius 3 is 2.14 bits per heavy atom. The Kier molecular flexibility index (Phi) is 4.85. The van der Waals surface area contributed by atoms with Gasteiger partial charge in [-0.1, -0.05) is 30.0 Å². The van der Waals surface area contributed by atoms with Crippen LogP contribution in [0.4, 0.5) is 13.2 Å². The largest absolute Gasteiger partial charge is 0.247 e. The fraction of sp³-hybridized carbons (Fsp3) is 0.0667. The van der Waals surface area contributed by atoms with Gasteiger partial charge in [0.25, 0.3) is 0 Å². The van der Waals surface area contributed by atoms with E-state index in [0.717, 1.165) is 18.2 Å². The minimum absolute atomic E-state index is 0.0961. The lowest BCUT2D eigenvalue weighted by molar-refractivity contribution is 0.515. The van der Waals surface area contributed by atoms with Crippen molar-refractivity contribution < 1.29 is 21.6 Å². The summed E-state index contributed by atoms with van der Waals surface area (Å²) in [6.07, 6.45) is 0. The van der Waals surface area contributed by atoms with Crippen LogP contribution in [0.3, 0.4) is 0 Å². The van der Waals surface area contributed by atoms with Crippen LogP contribution < -0.4 is 4.72 Å². The first kappa shape index (κ1) is 16.1. The summed E-state index contributed by atoms with van der Waals surface area (Å²) in [5.41, 5.74) is 0.0961. The topological polar surface area (TPSA) is 46.2 Å². The van der Waals surface area contributed by atoms with Gasteiger partial charge in [0, 0.05) is 0 Å². The number of halogens is 3. The minimum atomic E-state index is -4.38. The van der Waals surface area contributed by atoms with Crippen LogP contribution in [0.5, 0.6) is 0 Å². The van der Waals surface area contributed by atoms with Crippen molar-refractivity contribution in [1.82, 2.24) is 4.72 Å². The Labute approximate surface area is 125 Å². The molecule has 2 rings (SSSR count). The van der Waals surface area contributed by atoms with Crippen LogP contribution in [0.2, 0.25) is 0 Å². The highest BCUT2D eigenvalue weighted by Crippen LogP contribution is 2.17. The Morgan fingerprint density at radius 2 is 1.50 bits per heavy atom. The second-order valence-electron chi connectivity index (χ2n) is 4.16. The lowest BCUT2D eigenvalue weighted by atomic mass is 10.2. The Balaban J connectivity index is 2.14. The fourth-order valence-electron chi connectivity index (χ4n) is 1.64. The van der Waals surface area contributed by atoms with Gasteiger partial charge in [0.15, 0.2) is 4.90 Å². The average Bonchev–Trinajstić information content (AvgIpc) is 2.45. The molecule has 114 valence electrons. The van der Waals surface area contributed by atoms with Crippen LogP contribution >= 0.6 is 0 Å². The van der Waals surface area contributed by atoms with Crippen molar-refractivity contribution in [3.05, 3.63) is 65.5 Å². The lowest BCUT2D eigenvalue weighted by Crippen LogP contribution is -2.26. The quantitative estimate of drug-likeness (QED) is 0.881. The van der Waals surface area contributed by atoms with E-state index in [4.69, 9.17) is 0 Å².